The third-order valence-electron chi connectivity index (χ3n) is 7.15. The number of nitrogens with zero attached hydrogens (tertiary/aromatic N) is 2. The van der Waals surface area contributed by atoms with Crippen molar-refractivity contribution in [2.45, 2.75) is 30.4 Å². The van der Waals surface area contributed by atoms with E-state index in [9.17, 15) is 27.5 Å². The standard InChI is InChI=1S/C29H27F4N3O2/c1-34-28(20-6-3-2-4-7-20)12-16-36(17-13-28)15-5-14-35-27(37)29(38,21-8-10-23(30)25(32)18-21)22-9-11-24(31)26(33)19-22/h2-4,6-11,18-19,38H,5,12-17H2,(H,35,37). The first-order valence-corrected chi connectivity index (χ1v) is 12.3. The number of carbonyl (C=O) groups is 1. The lowest BCUT2D eigenvalue weighted by atomic mass is 9.81. The van der Waals surface area contributed by atoms with E-state index in [0.29, 0.717) is 51.0 Å². The van der Waals surface area contributed by atoms with E-state index in [1.807, 2.05) is 30.3 Å². The van der Waals surface area contributed by atoms with Gasteiger partial charge in [-0.05, 0) is 37.2 Å². The molecule has 0 saturated carbocycles. The average molecular weight is 526 g/mol. The summed E-state index contributed by atoms with van der Waals surface area (Å²) in [6, 6.07) is 14.6. The first kappa shape index (κ1) is 27.3. The van der Waals surface area contributed by atoms with Crippen molar-refractivity contribution >= 4 is 5.91 Å². The zero-order valence-electron chi connectivity index (χ0n) is 20.6. The van der Waals surface area contributed by atoms with Gasteiger partial charge < -0.3 is 20.2 Å². The highest BCUT2D eigenvalue weighted by Gasteiger charge is 2.43. The van der Waals surface area contributed by atoms with Crippen LogP contribution >= 0.6 is 0 Å². The van der Waals surface area contributed by atoms with Crippen molar-refractivity contribution in [1.82, 2.24) is 10.2 Å². The Morgan fingerprint density at radius 3 is 1.97 bits per heavy atom. The van der Waals surface area contributed by atoms with Gasteiger partial charge >= 0.3 is 0 Å². The fraction of sp³-hybridized carbons (Fsp3) is 0.310. The molecule has 3 aromatic carbocycles. The van der Waals surface area contributed by atoms with Gasteiger partial charge in [0.2, 0.25) is 0 Å². The van der Waals surface area contributed by atoms with Gasteiger partial charge in [-0.2, -0.15) is 0 Å². The highest BCUT2D eigenvalue weighted by Crippen LogP contribution is 2.37. The lowest BCUT2D eigenvalue weighted by Crippen LogP contribution is -2.46. The van der Waals surface area contributed by atoms with Gasteiger partial charge in [-0.15, -0.1) is 0 Å². The second-order valence-electron chi connectivity index (χ2n) is 9.43. The van der Waals surface area contributed by atoms with Crippen molar-refractivity contribution in [1.29, 1.82) is 0 Å². The van der Waals surface area contributed by atoms with E-state index in [0.717, 1.165) is 29.8 Å². The summed E-state index contributed by atoms with van der Waals surface area (Å²) in [7, 11) is 0. The summed E-state index contributed by atoms with van der Waals surface area (Å²) >= 11 is 0. The Balaban J connectivity index is 1.40. The van der Waals surface area contributed by atoms with Crippen LogP contribution in [-0.2, 0) is 15.9 Å². The molecule has 198 valence electrons. The number of carbonyl (C=O) groups excluding carboxylic acids is 1. The molecule has 4 rings (SSSR count). The van der Waals surface area contributed by atoms with Crippen molar-refractivity contribution in [2.75, 3.05) is 26.2 Å². The minimum absolute atomic E-state index is 0.137. The minimum atomic E-state index is -2.58. The number of hydrogen-bond donors (Lipinski definition) is 2. The Kier molecular flexibility index (Phi) is 8.14. The van der Waals surface area contributed by atoms with Crippen LogP contribution < -0.4 is 5.32 Å². The number of likely N-dealkylation sites (tertiary alicyclic amines) is 1. The summed E-state index contributed by atoms with van der Waals surface area (Å²) in [4.78, 5) is 19.3. The predicted molar refractivity (Wildman–Crippen MR) is 134 cm³/mol. The van der Waals surface area contributed by atoms with Crippen LogP contribution in [0.1, 0.15) is 36.0 Å². The van der Waals surface area contributed by atoms with Gasteiger partial charge in [0.15, 0.2) is 28.9 Å². The van der Waals surface area contributed by atoms with Crippen molar-refractivity contribution in [3.8, 4) is 0 Å². The van der Waals surface area contributed by atoms with Crippen molar-refractivity contribution in [3.05, 3.63) is 118 Å². The number of hydrogen-bond acceptors (Lipinski definition) is 3. The summed E-state index contributed by atoms with van der Waals surface area (Å²) < 4.78 is 54.9. The van der Waals surface area contributed by atoms with Crippen molar-refractivity contribution < 1.29 is 27.5 Å². The quantitative estimate of drug-likeness (QED) is 0.250. The minimum Gasteiger partial charge on any atom is -0.372 e. The van der Waals surface area contributed by atoms with Gasteiger partial charge in [0, 0.05) is 49.2 Å². The average Bonchev–Trinajstić information content (AvgIpc) is 2.94. The van der Waals surface area contributed by atoms with Crippen molar-refractivity contribution in [2.24, 2.45) is 0 Å². The van der Waals surface area contributed by atoms with Crippen LogP contribution in [0.2, 0.25) is 0 Å². The molecular formula is C29H27F4N3O2. The number of aliphatic hydroxyl groups is 1. The molecular weight excluding hydrogens is 498 g/mol. The Hall–Kier alpha value is -3.74. The number of halogens is 4. The molecule has 0 radical (unpaired) electrons. The number of amides is 1. The fourth-order valence-corrected chi connectivity index (χ4v) is 4.86. The maximum atomic E-state index is 14.0. The molecule has 0 bridgehead atoms. The molecule has 0 aromatic heterocycles. The molecule has 5 nitrogen and oxygen atoms in total. The molecule has 1 heterocycles. The second kappa shape index (κ2) is 11.3. The van der Waals surface area contributed by atoms with Crippen LogP contribution in [0, 0.1) is 29.8 Å². The first-order chi connectivity index (χ1) is 18.2. The number of nitrogens with one attached hydrogen (secondary N) is 1. The zero-order chi connectivity index (χ0) is 27.3. The summed E-state index contributed by atoms with van der Waals surface area (Å²) in [5.74, 6) is -5.94. The third-order valence-corrected chi connectivity index (χ3v) is 7.15. The molecule has 38 heavy (non-hydrogen) atoms. The molecule has 0 spiro atoms. The smallest absolute Gasteiger partial charge is 0.261 e. The largest absolute Gasteiger partial charge is 0.372 e. The molecule has 1 aliphatic rings. The zero-order valence-corrected chi connectivity index (χ0v) is 20.6. The third kappa shape index (κ3) is 5.42. The van der Waals surface area contributed by atoms with Gasteiger partial charge in [-0.1, -0.05) is 42.5 Å². The van der Waals surface area contributed by atoms with E-state index in [1.165, 1.54) is 0 Å². The molecule has 0 aliphatic carbocycles. The summed E-state index contributed by atoms with van der Waals surface area (Å²) in [6.07, 6.45) is 1.87. The molecule has 9 heteroatoms. The fourth-order valence-electron chi connectivity index (χ4n) is 4.86. The van der Waals surface area contributed by atoms with Gasteiger partial charge in [-0.25, -0.2) is 24.1 Å². The van der Waals surface area contributed by atoms with Crippen LogP contribution in [0.25, 0.3) is 4.85 Å². The number of piperidine rings is 1. The molecule has 1 amide bonds. The Bertz CT molecular complexity index is 1280. The maximum absolute atomic E-state index is 14.0. The van der Waals surface area contributed by atoms with Gasteiger partial charge in [0.1, 0.15) is 0 Å². The van der Waals surface area contributed by atoms with E-state index < -0.39 is 40.3 Å². The SMILES string of the molecule is [C-]#[N+]C1(c2ccccc2)CCN(CCCNC(=O)C(O)(c2ccc(F)c(F)c2)c2ccc(F)c(F)c2)CC1. The molecule has 1 saturated heterocycles. The topological polar surface area (TPSA) is 56.9 Å². The van der Waals surface area contributed by atoms with Crippen LogP contribution in [0.3, 0.4) is 0 Å². The lowest BCUT2D eigenvalue weighted by Gasteiger charge is -2.34. The normalized spacial score (nSPS) is 15.6. The maximum Gasteiger partial charge on any atom is 0.261 e. The van der Waals surface area contributed by atoms with E-state index >= 15 is 0 Å². The Morgan fingerprint density at radius 1 is 0.921 bits per heavy atom. The predicted octanol–water partition coefficient (Wildman–Crippen LogP) is 4.90. The van der Waals surface area contributed by atoms with Gasteiger partial charge in [-0.3, -0.25) is 4.79 Å². The van der Waals surface area contributed by atoms with E-state index in [1.54, 1.807) is 0 Å². The lowest BCUT2D eigenvalue weighted by molar-refractivity contribution is -0.136. The Morgan fingerprint density at radius 2 is 1.47 bits per heavy atom. The number of rotatable bonds is 8. The molecule has 0 unspecified atom stereocenters. The molecule has 2 N–H and O–H groups in total. The van der Waals surface area contributed by atoms with E-state index in [-0.39, 0.29) is 17.7 Å². The summed E-state index contributed by atoms with van der Waals surface area (Å²) in [5, 5.41) is 14.0. The van der Waals surface area contributed by atoms with E-state index in [4.69, 9.17) is 6.57 Å². The molecule has 1 fully saturated rings. The monoisotopic (exact) mass is 525 g/mol. The van der Waals surface area contributed by atoms with Crippen LogP contribution in [-0.4, -0.2) is 42.1 Å². The van der Waals surface area contributed by atoms with Crippen molar-refractivity contribution in [3.63, 3.8) is 0 Å². The van der Waals surface area contributed by atoms with Gasteiger partial charge in [0.05, 0.1) is 0 Å². The van der Waals surface area contributed by atoms with E-state index in [2.05, 4.69) is 15.1 Å². The second-order valence-corrected chi connectivity index (χ2v) is 9.43. The van der Waals surface area contributed by atoms with Gasteiger partial charge in [0.25, 0.3) is 11.4 Å². The van der Waals surface area contributed by atoms with Crippen LogP contribution in [0.5, 0.6) is 0 Å². The molecule has 3 aromatic rings. The number of benzene rings is 3. The highest BCUT2D eigenvalue weighted by atomic mass is 19.2. The Labute approximate surface area is 218 Å². The first-order valence-electron chi connectivity index (χ1n) is 12.3. The summed E-state index contributed by atoms with van der Waals surface area (Å²) in [5.41, 5.74) is -2.77. The van der Waals surface area contributed by atoms with Crippen LogP contribution in [0.4, 0.5) is 17.6 Å². The van der Waals surface area contributed by atoms with Crippen LogP contribution in [0.15, 0.2) is 66.7 Å². The molecule has 0 atom stereocenters. The molecule has 1 aliphatic heterocycles. The highest BCUT2D eigenvalue weighted by molar-refractivity contribution is 5.90. The summed E-state index contributed by atoms with van der Waals surface area (Å²) in [6.45, 7) is 9.93.